The number of hydrogen-bond acceptors (Lipinski definition) is 1. The molecular weight excluding hydrogens is 361 g/mol. The fourth-order valence-electron chi connectivity index (χ4n) is 1.33. The predicted molar refractivity (Wildman–Crippen MR) is 91.9 cm³/mol. The number of rotatable bonds is 3. The van der Waals surface area contributed by atoms with E-state index in [1.54, 1.807) is 42.7 Å². The Balaban J connectivity index is 0.00000200. The van der Waals surface area contributed by atoms with Gasteiger partial charge in [0.25, 0.3) is 0 Å². The van der Waals surface area contributed by atoms with Gasteiger partial charge in [-0.15, -0.1) is 12.4 Å². The zero-order valence-electron chi connectivity index (χ0n) is 9.91. The summed E-state index contributed by atoms with van der Waals surface area (Å²) in [6, 6.07) is 10.4. The SMILES string of the molecule is Cl.Clc1ccc(/N=C/Nc2ccc(Cl)c(Cl)c2)cc1Cl. The van der Waals surface area contributed by atoms with Crippen molar-refractivity contribution in [2.24, 2.45) is 4.99 Å². The lowest BCUT2D eigenvalue weighted by Gasteiger charge is -2.02. The molecule has 0 spiro atoms. The van der Waals surface area contributed by atoms with Crippen LogP contribution in [0, 0.1) is 0 Å². The lowest BCUT2D eigenvalue weighted by Crippen LogP contribution is -1.93. The molecule has 2 aromatic carbocycles. The van der Waals surface area contributed by atoms with Crippen molar-refractivity contribution < 1.29 is 0 Å². The molecule has 0 saturated heterocycles. The number of anilines is 1. The molecule has 0 aliphatic carbocycles. The summed E-state index contributed by atoms with van der Waals surface area (Å²) in [6.45, 7) is 0. The highest BCUT2D eigenvalue weighted by Crippen LogP contribution is 2.27. The number of nitrogens with zero attached hydrogens (tertiary/aromatic N) is 1. The van der Waals surface area contributed by atoms with Crippen molar-refractivity contribution in [2.75, 3.05) is 5.32 Å². The summed E-state index contributed by atoms with van der Waals surface area (Å²) in [5.74, 6) is 0. The van der Waals surface area contributed by atoms with Gasteiger partial charge in [0.05, 0.1) is 32.1 Å². The van der Waals surface area contributed by atoms with E-state index in [1.165, 1.54) is 0 Å². The number of nitrogens with one attached hydrogen (secondary N) is 1. The molecule has 0 aromatic heterocycles. The van der Waals surface area contributed by atoms with E-state index < -0.39 is 0 Å². The van der Waals surface area contributed by atoms with Gasteiger partial charge >= 0.3 is 0 Å². The first-order chi connectivity index (χ1) is 9.06. The molecule has 0 unspecified atom stereocenters. The van der Waals surface area contributed by atoms with Gasteiger partial charge in [0.2, 0.25) is 0 Å². The summed E-state index contributed by atoms with van der Waals surface area (Å²) >= 11 is 23.4. The summed E-state index contributed by atoms with van der Waals surface area (Å²) in [5.41, 5.74) is 1.49. The van der Waals surface area contributed by atoms with Crippen LogP contribution in [-0.2, 0) is 0 Å². The maximum absolute atomic E-state index is 5.90. The van der Waals surface area contributed by atoms with Crippen molar-refractivity contribution in [2.45, 2.75) is 0 Å². The fraction of sp³-hybridized carbons (Fsp3) is 0. The number of halogens is 5. The highest BCUT2D eigenvalue weighted by Gasteiger charge is 1.99. The topological polar surface area (TPSA) is 24.4 Å². The molecule has 2 rings (SSSR count). The number of hydrogen-bond donors (Lipinski definition) is 1. The maximum atomic E-state index is 5.90. The average Bonchev–Trinajstić information content (AvgIpc) is 2.38. The fourth-order valence-corrected chi connectivity index (χ4v) is 1.92. The summed E-state index contributed by atoms with van der Waals surface area (Å²) in [5, 5.41) is 4.94. The average molecular weight is 370 g/mol. The summed E-state index contributed by atoms with van der Waals surface area (Å²) in [6.07, 6.45) is 1.54. The van der Waals surface area contributed by atoms with Crippen molar-refractivity contribution in [3.8, 4) is 0 Å². The van der Waals surface area contributed by atoms with Gasteiger partial charge < -0.3 is 5.32 Å². The van der Waals surface area contributed by atoms with Crippen LogP contribution in [0.3, 0.4) is 0 Å². The lowest BCUT2D eigenvalue weighted by molar-refractivity contribution is 1.52. The second kappa shape index (κ2) is 7.96. The molecule has 0 saturated carbocycles. The van der Waals surface area contributed by atoms with E-state index >= 15 is 0 Å². The third-order valence-corrected chi connectivity index (χ3v) is 3.75. The second-order valence-electron chi connectivity index (χ2n) is 3.63. The third kappa shape index (κ3) is 4.72. The summed E-state index contributed by atoms with van der Waals surface area (Å²) in [7, 11) is 0. The van der Waals surface area contributed by atoms with Gasteiger partial charge in [-0.25, -0.2) is 4.99 Å². The Labute approximate surface area is 143 Å². The van der Waals surface area contributed by atoms with Gasteiger partial charge in [0.1, 0.15) is 0 Å². The number of aliphatic imine (C=N–C) groups is 1. The first-order valence-electron chi connectivity index (χ1n) is 5.25. The molecule has 0 aliphatic heterocycles. The molecule has 106 valence electrons. The van der Waals surface area contributed by atoms with Crippen LogP contribution < -0.4 is 5.32 Å². The molecule has 0 atom stereocenters. The first-order valence-corrected chi connectivity index (χ1v) is 6.76. The largest absolute Gasteiger partial charge is 0.346 e. The van der Waals surface area contributed by atoms with Gasteiger partial charge in [0.15, 0.2) is 0 Å². The van der Waals surface area contributed by atoms with Gasteiger partial charge in [-0.3, -0.25) is 0 Å². The molecule has 2 nitrogen and oxygen atoms in total. The highest BCUT2D eigenvalue weighted by molar-refractivity contribution is 6.42. The first kappa shape index (κ1) is 17.4. The van der Waals surface area contributed by atoms with E-state index in [0.29, 0.717) is 25.8 Å². The maximum Gasteiger partial charge on any atom is 0.0930 e. The molecule has 0 bridgehead atoms. The van der Waals surface area contributed by atoms with Crippen molar-refractivity contribution in [1.29, 1.82) is 0 Å². The molecule has 0 amide bonds. The molecular formula is C13H9Cl5N2. The third-order valence-electron chi connectivity index (χ3n) is 2.27. The van der Waals surface area contributed by atoms with E-state index in [1.807, 2.05) is 0 Å². The van der Waals surface area contributed by atoms with Crippen LogP contribution in [0.25, 0.3) is 0 Å². The summed E-state index contributed by atoms with van der Waals surface area (Å²) < 4.78 is 0. The Morgan fingerprint density at radius 1 is 0.800 bits per heavy atom. The smallest absolute Gasteiger partial charge is 0.0930 e. The van der Waals surface area contributed by atoms with Gasteiger partial charge in [-0.2, -0.15) is 0 Å². The van der Waals surface area contributed by atoms with Crippen LogP contribution in [0.4, 0.5) is 11.4 Å². The predicted octanol–water partition coefficient (Wildman–Crippen LogP) is 6.49. The zero-order chi connectivity index (χ0) is 13.8. The lowest BCUT2D eigenvalue weighted by atomic mass is 10.3. The molecule has 0 aliphatic rings. The second-order valence-corrected chi connectivity index (χ2v) is 5.26. The molecule has 2 aromatic rings. The Bertz CT molecular complexity index is 628. The number of benzene rings is 2. The molecule has 0 radical (unpaired) electrons. The zero-order valence-corrected chi connectivity index (χ0v) is 13.7. The highest BCUT2D eigenvalue weighted by atomic mass is 35.5. The van der Waals surface area contributed by atoms with Crippen LogP contribution in [0.2, 0.25) is 20.1 Å². The van der Waals surface area contributed by atoms with Crippen LogP contribution in [0.1, 0.15) is 0 Å². The Kier molecular flexibility index (Phi) is 6.93. The monoisotopic (exact) mass is 368 g/mol. The Morgan fingerprint density at radius 3 is 2.00 bits per heavy atom. The molecule has 7 heteroatoms. The summed E-state index contributed by atoms with van der Waals surface area (Å²) in [4.78, 5) is 4.20. The van der Waals surface area contributed by atoms with Gasteiger partial charge in [-0.1, -0.05) is 46.4 Å². The minimum atomic E-state index is 0. The van der Waals surface area contributed by atoms with E-state index in [4.69, 9.17) is 46.4 Å². The van der Waals surface area contributed by atoms with E-state index in [9.17, 15) is 0 Å². The van der Waals surface area contributed by atoms with Crippen molar-refractivity contribution in [1.82, 2.24) is 0 Å². The minimum absolute atomic E-state index is 0. The molecule has 0 fully saturated rings. The van der Waals surface area contributed by atoms with Crippen molar-refractivity contribution >= 4 is 76.5 Å². The van der Waals surface area contributed by atoms with Crippen LogP contribution in [0.15, 0.2) is 41.4 Å². The van der Waals surface area contributed by atoms with Crippen LogP contribution in [0.5, 0.6) is 0 Å². The van der Waals surface area contributed by atoms with Crippen LogP contribution >= 0.6 is 58.8 Å². The standard InChI is InChI=1S/C13H8Cl4N2.ClH/c14-10-3-1-8(5-12(10)16)18-7-19-9-2-4-11(15)13(17)6-9;/h1-7H,(H,18,19);1H. The molecule has 0 heterocycles. The van der Waals surface area contributed by atoms with E-state index in [2.05, 4.69) is 10.3 Å². The molecule has 20 heavy (non-hydrogen) atoms. The van der Waals surface area contributed by atoms with E-state index in [-0.39, 0.29) is 12.4 Å². The van der Waals surface area contributed by atoms with E-state index in [0.717, 1.165) is 5.69 Å². The van der Waals surface area contributed by atoms with Crippen LogP contribution in [-0.4, -0.2) is 6.34 Å². The van der Waals surface area contributed by atoms with Crippen molar-refractivity contribution in [3.63, 3.8) is 0 Å². The van der Waals surface area contributed by atoms with Crippen molar-refractivity contribution in [3.05, 3.63) is 56.5 Å². The van der Waals surface area contributed by atoms with Gasteiger partial charge in [-0.05, 0) is 36.4 Å². The Hall–Kier alpha value is -0.640. The quantitative estimate of drug-likeness (QED) is 0.484. The van der Waals surface area contributed by atoms with Gasteiger partial charge in [0, 0.05) is 5.69 Å². The molecule has 1 N–H and O–H groups in total. The normalized spacial score (nSPS) is 10.4. The minimum Gasteiger partial charge on any atom is -0.346 e. The Morgan fingerprint density at radius 2 is 1.40 bits per heavy atom.